The summed E-state index contributed by atoms with van der Waals surface area (Å²) in [5.74, 6) is 0.543. The second-order valence-corrected chi connectivity index (χ2v) is 7.14. The molecule has 27 heavy (non-hydrogen) atoms. The van der Waals surface area contributed by atoms with Crippen molar-refractivity contribution in [3.05, 3.63) is 64.4 Å². The molecule has 0 spiro atoms. The maximum absolute atomic E-state index is 12.8. The smallest absolute Gasteiger partial charge is 0.231 e. The van der Waals surface area contributed by atoms with Gasteiger partial charge < -0.3 is 14.7 Å². The molecule has 0 atom stereocenters. The fraction of sp³-hybridized carbons (Fsp3) is 0.348. The Bertz CT molecular complexity index is 864. The van der Waals surface area contributed by atoms with Gasteiger partial charge in [-0.25, -0.2) is 0 Å². The van der Waals surface area contributed by atoms with Crippen molar-refractivity contribution in [1.29, 1.82) is 0 Å². The van der Waals surface area contributed by atoms with Crippen LogP contribution in [0.5, 0.6) is 11.5 Å². The minimum absolute atomic E-state index is 0.0524. The number of rotatable bonds is 7. The molecule has 0 aliphatic carbocycles. The predicted octanol–water partition coefficient (Wildman–Crippen LogP) is 2.89. The number of allylic oxidation sites excluding steroid dienone is 1. The Morgan fingerprint density at radius 1 is 1.07 bits per heavy atom. The van der Waals surface area contributed by atoms with Gasteiger partial charge in [0, 0.05) is 5.56 Å². The molecule has 2 aromatic rings. The van der Waals surface area contributed by atoms with E-state index in [0.29, 0.717) is 29.2 Å². The second kappa shape index (κ2) is 8.40. The summed E-state index contributed by atoms with van der Waals surface area (Å²) in [5, 5.41) is 12.5. The van der Waals surface area contributed by atoms with Crippen LogP contribution in [-0.4, -0.2) is 18.9 Å². The van der Waals surface area contributed by atoms with Gasteiger partial charge in [0.15, 0.2) is 5.76 Å². The maximum Gasteiger partial charge on any atom is 0.231 e. The van der Waals surface area contributed by atoms with Gasteiger partial charge in [0.05, 0.1) is 18.7 Å². The van der Waals surface area contributed by atoms with Crippen LogP contribution in [0, 0.1) is 6.92 Å². The molecule has 4 nitrogen and oxygen atoms in total. The number of nitrogens with one attached hydrogen (secondary N) is 1. The second-order valence-electron chi connectivity index (χ2n) is 7.14. The number of quaternary nitrogens is 1. The Morgan fingerprint density at radius 2 is 1.78 bits per heavy atom. The van der Waals surface area contributed by atoms with Gasteiger partial charge >= 0.3 is 0 Å². The SMILES string of the molecule is CCC[NH+](CCC)Cc1c([O-])ccc2c1O/C(=C\c1ccccc1C)C2=O. The molecule has 4 heteroatoms. The summed E-state index contributed by atoms with van der Waals surface area (Å²) in [6, 6.07) is 10.9. The molecule has 1 heterocycles. The molecule has 2 aromatic carbocycles. The zero-order chi connectivity index (χ0) is 19.4. The van der Waals surface area contributed by atoms with Gasteiger partial charge in [0.25, 0.3) is 0 Å². The highest BCUT2D eigenvalue weighted by atomic mass is 16.5. The van der Waals surface area contributed by atoms with E-state index in [4.69, 9.17) is 4.74 Å². The van der Waals surface area contributed by atoms with Crippen LogP contribution >= 0.6 is 0 Å². The lowest BCUT2D eigenvalue weighted by Crippen LogP contribution is -3.10. The van der Waals surface area contributed by atoms with Crippen molar-refractivity contribution < 1.29 is 19.5 Å². The highest BCUT2D eigenvalue weighted by Crippen LogP contribution is 2.38. The third-order valence-corrected chi connectivity index (χ3v) is 5.01. The first-order valence-corrected chi connectivity index (χ1v) is 9.71. The van der Waals surface area contributed by atoms with Gasteiger partial charge in [-0.3, -0.25) is 4.79 Å². The summed E-state index contributed by atoms with van der Waals surface area (Å²) in [7, 11) is 0. The molecule has 0 saturated carbocycles. The van der Waals surface area contributed by atoms with E-state index in [-0.39, 0.29) is 11.5 Å². The van der Waals surface area contributed by atoms with E-state index in [1.807, 2.05) is 31.2 Å². The van der Waals surface area contributed by atoms with Crippen LogP contribution in [0.15, 0.2) is 42.2 Å². The Hall–Kier alpha value is -2.59. The molecule has 0 radical (unpaired) electrons. The summed E-state index contributed by atoms with van der Waals surface area (Å²) in [6.45, 7) is 8.87. The third-order valence-electron chi connectivity index (χ3n) is 5.01. The molecule has 0 saturated heterocycles. The van der Waals surface area contributed by atoms with Crippen molar-refractivity contribution in [1.82, 2.24) is 0 Å². The lowest BCUT2D eigenvalue weighted by Gasteiger charge is -2.23. The fourth-order valence-electron chi connectivity index (χ4n) is 3.61. The minimum Gasteiger partial charge on any atom is -0.872 e. The number of hydrogen-bond donors (Lipinski definition) is 1. The van der Waals surface area contributed by atoms with Gasteiger partial charge in [0.1, 0.15) is 12.3 Å². The number of ketones is 1. The molecule has 3 rings (SSSR count). The van der Waals surface area contributed by atoms with E-state index in [1.54, 1.807) is 12.1 Å². The number of aryl methyl sites for hydroxylation is 1. The molecular weight excluding hydrogens is 338 g/mol. The van der Waals surface area contributed by atoms with Gasteiger partial charge in [0.2, 0.25) is 5.78 Å². The van der Waals surface area contributed by atoms with Crippen LogP contribution in [0.2, 0.25) is 0 Å². The van der Waals surface area contributed by atoms with Crippen molar-refractivity contribution in [2.45, 2.75) is 40.2 Å². The zero-order valence-corrected chi connectivity index (χ0v) is 16.3. The Kier molecular flexibility index (Phi) is 5.97. The summed E-state index contributed by atoms with van der Waals surface area (Å²) in [6.07, 6.45) is 3.88. The van der Waals surface area contributed by atoms with Crippen molar-refractivity contribution in [2.24, 2.45) is 0 Å². The van der Waals surface area contributed by atoms with Crippen LogP contribution in [0.1, 0.15) is 53.7 Å². The van der Waals surface area contributed by atoms with Gasteiger partial charge in [-0.15, -0.1) is 0 Å². The maximum atomic E-state index is 12.8. The van der Waals surface area contributed by atoms with E-state index in [9.17, 15) is 9.90 Å². The molecule has 0 fully saturated rings. The van der Waals surface area contributed by atoms with E-state index < -0.39 is 0 Å². The number of ether oxygens (including phenoxy) is 1. The van der Waals surface area contributed by atoms with Crippen LogP contribution in [0.25, 0.3) is 6.08 Å². The zero-order valence-electron chi connectivity index (χ0n) is 16.3. The van der Waals surface area contributed by atoms with Crippen LogP contribution < -0.4 is 14.7 Å². The van der Waals surface area contributed by atoms with Gasteiger partial charge in [-0.2, -0.15) is 0 Å². The first kappa shape index (κ1) is 19.2. The molecule has 142 valence electrons. The topological polar surface area (TPSA) is 53.8 Å². The molecule has 0 bridgehead atoms. The number of Topliss-reactive ketones (excluding diaryl/α,β-unsaturated/α-hetero) is 1. The predicted molar refractivity (Wildman–Crippen MR) is 105 cm³/mol. The normalized spacial score (nSPS) is 14.7. The molecule has 0 unspecified atom stereocenters. The van der Waals surface area contributed by atoms with Gasteiger partial charge in [-0.05, 0) is 43.0 Å². The Labute approximate surface area is 161 Å². The van der Waals surface area contributed by atoms with E-state index in [1.165, 1.54) is 11.0 Å². The fourth-order valence-corrected chi connectivity index (χ4v) is 3.61. The molecule has 1 aliphatic rings. The molecule has 0 aromatic heterocycles. The third kappa shape index (κ3) is 4.06. The summed E-state index contributed by atoms with van der Waals surface area (Å²) < 4.78 is 5.95. The molecular formula is C23H27NO3. The summed E-state index contributed by atoms with van der Waals surface area (Å²) >= 11 is 0. The van der Waals surface area contributed by atoms with E-state index in [2.05, 4.69) is 13.8 Å². The Morgan fingerprint density at radius 3 is 2.44 bits per heavy atom. The first-order chi connectivity index (χ1) is 13.0. The van der Waals surface area contributed by atoms with Crippen molar-refractivity contribution in [3.63, 3.8) is 0 Å². The molecule has 1 aliphatic heterocycles. The Balaban J connectivity index is 1.95. The summed E-state index contributed by atoms with van der Waals surface area (Å²) in [5.41, 5.74) is 3.13. The average molecular weight is 365 g/mol. The lowest BCUT2D eigenvalue weighted by atomic mass is 10.0. The van der Waals surface area contributed by atoms with Crippen LogP contribution in [0.4, 0.5) is 0 Å². The van der Waals surface area contributed by atoms with Crippen molar-refractivity contribution in [2.75, 3.05) is 13.1 Å². The number of carbonyl (C=O) groups excluding carboxylic acids is 1. The monoisotopic (exact) mass is 365 g/mol. The van der Waals surface area contributed by atoms with Crippen molar-refractivity contribution in [3.8, 4) is 11.5 Å². The number of fused-ring (bicyclic) bond motifs is 1. The van der Waals surface area contributed by atoms with Gasteiger partial charge in [-0.1, -0.05) is 49.9 Å². The molecule has 0 amide bonds. The molecule has 1 N–H and O–H groups in total. The van der Waals surface area contributed by atoms with Crippen LogP contribution in [-0.2, 0) is 6.54 Å². The minimum atomic E-state index is -0.151. The average Bonchev–Trinajstić information content (AvgIpc) is 2.96. The van der Waals surface area contributed by atoms with Crippen LogP contribution in [0.3, 0.4) is 0 Å². The largest absolute Gasteiger partial charge is 0.872 e. The highest BCUT2D eigenvalue weighted by Gasteiger charge is 2.31. The number of hydrogen-bond acceptors (Lipinski definition) is 3. The standard InChI is InChI=1S/C23H27NO3/c1-4-12-24(13-5-2)15-19-20(25)11-10-18-22(26)21(27-23(18)19)14-17-9-7-6-8-16(17)3/h6-11,14,25H,4-5,12-13,15H2,1-3H3/b21-14-. The van der Waals surface area contributed by atoms with E-state index in [0.717, 1.165) is 37.1 Å². The quantitative estimate of drug-likeness (QED) is 0.768. The number of carbonyl (C=O) groups is 1. The lowest BCUT2D eigenvalue weighted by molar-refractivity contribution is -0.914. The first-order valence-electron chi connectivity index (χ1n) is 9.71. The summed E-state index contributed by atoms with van der Waals surface area (Å²) in [4.78, 5) is 14.2. The highest BCUT2D eigenvalue weighted by molar-refractivity contribution is 6.15. The van der Waals surface area contributed by atoms with Crippen molar-refractivity contribution >= 4 is 11.9 Å². The van der Waals surface area contributed by atoms with E-state index >= 15 is 0 Å². The number of benzene rings is 2.